The van der Waals surface area contributed by atoms with E-state index in [0.29, 0.717) is 5.02 Å². The third-order valence-corrected chi connectivity index (χ3v) is 6.67. The van der Waals surface area contributed by atoms with Crippen molar-refractivity contribution in [2.75, 3.05) is 13.2 Å². The van der Waals surface area contributed by atoms with Crippen LogP contribution in [0.1, 0.15) is 81.4 Å². The number of nitrogens with zero attached hydrogens (tertiary/aromatic N) is 1. The molecule has 0 aliphatic carbocycles. The maximum absolute atomic E-state index is 14.0. The number of halogens is 3. The van der Waals surface area contributed by atoms with Crippen molar-refractivity contribution in [3.63, 3.8) is 0 Å². The van der Waals surface area contributed by atoms with Crippen LogP contribution < -0.4 is 10.1 Å². The fourth-order valence-corrected chi connectivity index (χ4v) is 4.67. The highest BCUT2D eigenvalue weighted by Crippen LogP contribution is 2.38. The number of nitrogens with one attached hydrogen (secondary N) is 1. The summed E-state index contributed by atoms with van der Waals surface area (Å²) < 4.78 is 19.0. The van der Waals surface area contributed by atoms with Crippen molar-refractivity contribution in [3.05, 3.63) is 57.2 Å². The molecule has 2 heterocycles. The minimum absolute atomic E-state index is 0.00116. The number of carboxylic acid groups (broad SMARTS) is 1. The molecule has 1 aromatic heterocycles. The summed E-state index contributed by atoms with van der Waals surface area (Å²) in [5.74, 6) is -1.42. The van der Waals surface area contributed by atoms with Gasteiger partial charge in [-0.05, 0) is 55.3 Å². The number of fused-ring (bicyclic) bond motifs is 1. The Morgan fingerprint density at radius 2 is 1.86 bits per heavy atom. The average Bonchev–Trinajstić information content (AvgIpc) is 2.82. The van der Waals surface area contributed by atoms with Crippen LogP contribution >= 0.6 is 23.2 Å². The Bertz CT molecular complexity index is 921. The average molecular weight is 528 g/mol. The first-order chi connectivity index (χ1) is 16.8. The van der Waals surface area contributed by atoms with E-state index in [1.54, 1.807) is 0 Å². The third-order valence-electron chi connectivity index (χ3n) is 6.11. The Morgan fingerprint density at radius 1 is 1.17 bits per heavy atom. The molecule has 0 fully saturated rings. The van der Waals surface area contributed by atoms with Gasteiger partial charge in [-0.3, -0.25) is 0 Å². The van der Waals surface area contributed by atoms with E-state index in [9.17, 15) is 9.18 Å². The molecule has 0 spiro atoms. The highest BCUT2D eigenvalue weighted by atomic mass is 35.5. The van der Waals surface area contributed by atoms with Gasteiger partial charge in [0.25, 0.3) is 0 Å². The maximum Gasteiger partial charge on any atom is 0.346 e. The van der Waals surface area contributed by atoms with Crippen LogP contribution in [0.4, 0.5) is 4.39 Å². The largest absolute Gasteiger partial charge is 0.479 e. The maximum atomic E-state index is 14.0. The lowest BCUT2D eigenvalue weighted by atomic mass is 9.92. The number of unbranched alkanes of at least 4 members (excludes halogenated alkanes) is 7. The summed E-state index contributed by atoms with van der Waals surface area (Å²) in [6.07, 6.45) is 12.1. The highest BCUT2D eigenvalue weighted by Gasteiger charge is 2.45. The smallest absolute Gasteiger partial charge is 0.346 e. The summed E-state index contributed by atoms with van der Waals surface area (Å²) >= 11 is 12.2. The zero-order valence-corrected chi connectivity index (χ0v) is 22.2. The predicted molar refractivity (Wildman–Crippen MR) is 140 cm³/mol. The molecular formula is C27H37Cl2FN2O3. The summed E-state index contributed by atoms with van der Waals surface area (Å²) in [5.41, 5.74) is -0.0303. The number of aromatic nitrogens is 1. The molecule has 0 saturated heterocycles. The molecule has 2 N–H and O–H groups in total. The van der Waals surface area contributed by atoms with Crippen molar-refractivity contribution < 1.29 is 19.0 Å². The van der Waals surface area contributed by atoms with Crippen molar-refractivity contribution in [1.82, 2.24) is 10.3 Å². The molecule has 5 nitrogen and oxygen atoms in total. The summed E-state index contributed by atoms with van der Waals surface area (Å²) in [5, 5.41) is 13.8. The van der Waals surface area contributed by atoms with Crippen LogP contribution in [0, 0.1) is 6.92 Å². The number of hydrogen-bond acceptors (Lipinski definition) is 4. The number of aliphatic carboxylic acids is 1. The molecular weight excluding hydrogens is 490 g/mol. The number of carbonyl (C=O) groups is 1. The molecule has 1 aliphatic rings. The first-order valence-electron chi connectivity index (χ1n) is 12.5. The molecule has 35 heavy (non-hydrogen) atoms. The van der Waals surface area contributed by atoms with Gasteiger partial charge in [-0.15, -0.1) is 0 Å². The first kappa shape index (κ1) is 29.3. The Hall–Kier alpha value is -1.89. The van der Waals surface area contributed by atoms with Gasteiger partial charge in [0.15, 0.2) is 0 Å². The first-order valence-corrected chi connectivity index (χ1v) is 13.2. The fourth-order valence-electron chi connectivity index (χ4n) is 4.01. The SMILES string of the molecule is CCCCCCCCCCNCc1c(C)cc(Cl)cc1Cl.O=C(O)C1(F)CCOc2ncccc21. The molecule has 0 saturated carbocycles. The second kappa shape index (κ2) is 15.3. The van der Waals surface area contributed by atoms with Crippen LogP contribution in [0.15, 0.2) is 30.5 Å². The monoisotopic (exact) mass is 526 g/mol. The third kappa shape index (κ3) is 9.25. The standard InChI is InChI=1S/C18H29Cl2N.C9H8FNO3/c1-3-4-5-6-7-8-9-10-11-21-14-17-15(2)12-16(19)13-18(17)20;10-9(8(12)13)3-5-14-7-6(9)2-1-4-11-7/h12-13,21H,3-11,14H2,1-2H3;1-2,4H,3,5H2,(H,12,13). The summed E-state index contributed by atoms with van der Waals surface area (Å²) in [4.78, 5) is 14.6. The molecule has 8 heteroatoms. The van der Waals surface area contributed by atoms with Gasteiger partial charge in [0.05, 0.1) is 12.2 Å². The molecule has 1 unspecified atom stereocenters. The van der Waals surface area contributed by atoms with Gasteiger partial charge in [-0.25, -0.2) is 14.2 Å². The lowest BCUT2D eigenvalue weighted by molar-refractivity contribution is -0.153. The normalized spacial score (nSPS) is 16.6. The highest BCUT2D eigenvalue weighted by molar-refractivity contribution is 6.35. The van der Waals surface area contributed by atoms with Crippen LogP contribution in [0.5, 0.6) is 5.88 Å². The molecule has 194 valence electrons. The van der Waals surface area contributed by atoms with Crippen molar-refractivity contribution in [2.45, 2.75) is 83.8 Å². The molecule has 0 amide bonds. The van der Waals surface area contributed by atoms with E-state index in [2.05, 4.69) is 24.1 Å². The van der Waals surface area contributed by atoms with Crippen LogP contribution in [0.2, 0.25) is 10.0 Å². The van der Waals surface area contributed by atoms with E-state index >= 15 is 0 Å². The van der Waals surface area contributed by atoms with Gasteiger partial charge < -0.3 is 15.2 Å². The van der Waals surface area contributed by atoms with Crippen LogP contribution in [-0.2, 0) is 17.0 Å². The number of hydrogen-bond donors (Lipinski definition) is 2. The summed E-state index contributed by atoms with van der Waals surface area (Å²) in [6, 6.07) is 6.67. The number of aryl methyl sites for hydroxylation is 1. The topological polar surface area (TPSA) is 71.5 Å². The summed E-state index contributed by atoms with van der Waals surface area (Å²) in [7, 11) is 0. The fraction of sp³-hybridized carbons (Fsp3) is 0.556. The van der Waals surface area contributed by atoms with E-state index in [-0.39, 0.29) is 24.5 Å². The molecule has 1 atom stereocenters. The quantitative estimate of drug-likeness (QED) is 0.278. The van der Waals surface area contributed by atoms with Crippen molar-refractivity contribution in [2.24, 2.45) is 0 Å². The zero-order valence-electron chi connectivity index (χ0n) is 20.7. The van der Waals surface area contributed by atoms with E-state index in [1.807, 2.05) is 12.1 Å². The Kier molecular flexibility index (Phi) is 12.8. The van der Waals surface area contributed by atoms with Gasteiger partial charge in [0.1, 0.15) is 0 Å². The van der Waals surface area contributed by atoms with E-state index < -0.39 is 11.6 Å². The van der Waals surface area contributed by atoms with Crippen molar-refractivity contribution >= 4 is 29.2 Å². The van der Waals surface area contributed by atoms with Crippen LogP contribution in [0.25, 0.3) is 0 Å². The molecule has 0 radical (unpaired) electrons. The number of rotatable bonds is 12. The molecule has 3 rings (SSSR count). The Morgan fingerprint density at radius 3 is 2.51 bits per heavy atom. The minimum atomic E-state index is -2.36. The lowest BCUT2D eigenvalue weighted by Crippen LogP contribution is -2.36. The molecule has 1 aromatic carbocycles. The number of ether oxygens (including phenoxy) is 1. The van der Waals surface area contributed by atoms with Gasteiger partial charge in [-0.1, -0.05) is 75.1 Å². The van der Waals surface area contributed by atoms with Crippen LogP contribution in [-0.4, -0.2) is 29.2 Å². The van der Waals surface area contributed by atoms with Gasteiger partial charge in [-0.2, -0.15) is 0 Å². The second-order valence-corrected chi connectivity index (χ2v) is 9.74. The minimum Gasteiger partial charge on any atom is -0.479 e. The summed E-state index contributed by atoms with van der Waals surface area (Å²) in [6.45, 7) is 6.25. The number of alkyl halides is 1. The predicted octanol–water partition coefficient (Wildman–Crippen LogP) is 7.65. The van der Waals surface area contributed by atoms with E-state index in [4.69, 9.17) is 33.0 Å². The number of pyridine rings is 1. The molecule has 1 aliphatic heterocycles. The Balaban J connectivity index is 0.000000266. The number of carboxylic acids is 1. The van der Waals surface area contributed by atoms with E-state index in [0.717, 1.165) is 23.7 Å². The van der Waals surface area contributed by atoms with E-state index in [1.165, 1.54) is 75.3 Å². The van der Waals surface area contributed by atoms with Gasteiger partial charge >= 0.3 is 5.97 Å². The number of benzene rings is 1. The van der Waals surface area contributed by atoms with Crippen molar-refractivity contribution in [1.29, 1.82) is 0 Å². The second-order valence-electron chi connectivity index (χ2n) is 8.90. The zero-order chi connectivity index (χ0) is 25.7. The van der Waals surface area contributed by atoms with Gasteiger partial charge in [0.2, 0.25) is 11.5 Å². The van der Waals surface area contributed by atoms with Gasteiger partial charge in [0, 0.05) is 29.2 Å². The Labute approximate surface area is 218 Å². The molecule has 2 aromatic rings. The van der Waals surface area contributed by atoms with Crippen LogP contribution in [0.3, 0.4) is 0 Å². The lowest BCUT2D eigenvalue weighted by Gasteiger charge is -2.27. The molecule has 0 bridgehead atoms. The van der Waals surface area contributed by atoms with Crippen molar-refractivity contribution in [3.8, 4) is 5.88 Å².